The standard InChI is InChI=1S/C25H26N4O4/c1-31-20-5-2-17(3-6-20)21-15-24(27-16-26-21)29-10-8-18(9-11-29)25(30)28-19-4-7-22-23(14-19)33-13-12-32-22/h2-7,14-16,18H,8-13H2,1H3,(H,28,30). The molecule has 1 N–H and O–H groups in total. The molecule has 8 nitrogen and oxygen atoms in total. The van der Waals surface area contributed by atoms with Crippen LogP contribution in [0.1, 0.15) is 12.8 Å². The van der Waals surface area contributed by atoms with Gasteiger partial charge >= 0.3 is 0 Å². The van der Waals surface area contributed by atoms with Crippen LogP contribution >= 0.6 is 0 Å². The van der Waals surface area contributed by atoms with Gasteiger partial charge in [0.1, 0.15) is 31.1 Å². The lowest BCUT2D eigenvalue weighted by Gasteiger charge is -2.32. The zero-order valence-electron chi connectivity index (χ0n) is 18.5. The fourth-order valence-electron chi connectivity index (χ4n) is 4.18. The summed E-state index contributed by atoms with van der Waals surface area (Å²) in [6, 6.07) is 15.3. The first-order valence-corrected chi connectivity index (χ1v) is 11.1. The quantitative estimate of drug-likeness (QED) is 0.638. The van der Waals surface area contributed by atoms with Crippen LogP contribution in [0.4, 0.5) is 11.5 Å². The van der Waals surface area contributed by atoms with Crippen molar-refractivity contribution in [1.82, 2.24) is 9.97 Å². The van der Waals surface area contributed by atoms with E-state index in [2.05, 4.69) is 20.2 Å². The van der Waals surface area contributed by atoms with E-state index in [4.69, 9.17) is 14.2 Å². The molecule has 0 saturated carbocycles. The monoisotopic (exact) mass is 446 g/mol. The summed E-state index contributed by atoms with van der Waals surface area (Å²) in [4.78, 5) is 23.9. The van der Waals surface area contributed by atoms with Gasteiger partial charge in [0.25, 0.3) is 0 Å². The molecule has 0 unspecified atom stereocenters. The van der Waals surface area contributed by atoms with Gasteiger partial charge in [0.05, 0.1) is 12.8 Å². The number of anilines is 2. The zero-order valence-corrected chi connectivity index (χ0v) is 18.5. The molecule has 1 saturated heterocycles. The van der Waals surface area contributed by atoms with Crippen LogP contribution in [-0.2, 0) is 4.79 Å². The summed E-state index contributed by atoms with van der Waals surface area (Å²) in [6.07, 6.45) is 3.12. The fraction of sp³-hybridized carbons (Fsp3) is 0.320. The molecule has 8 heteroatoms. The first-order chi connectivity index (χ1) is 16.2. The minimum absolute atomic E-state index is 0.0351. The second kappa shape index (κ2) is 9.36. The van der Waals surface area contributed by atoms with E-state index in [-0.39, 0.29) is 11.8 Å². The SMILES string of the molecule is COc1ccc(-c2cc(N3CCC(C(=O)Nc4ccc5c(c4)OCCO5)CC3)ncn2)cc1. The normalized spacial score (nSPS) is 15.7. The number of fused-ring (bicyclic) bond motifs is 1. The number of rotatable bonds is 5. The number of piperidine rings is 1. The smallest absolute Gasteiger partial charge is 0.227 e. The molecular weight excluding hydrogens is 420 g/mol. The number of nitrogens with zero attached hydrogens (tertiary/aromatic N) is 3. The van der Waals surface area contributed by atoms with Crippen LogP contribution in [0.5, 0.6) is 17.2 Å². The first-order valence-electron chi connectivity index (χ1n) is 11.1. The number of carbonyl (C=O) groups is 1. The van der Waals surface area contributed by atoms with Crippen molar-refractivity contribution in [3.8, 4) is 28.5 Å². The molecule has 0 atom stereocenters. The summed E-state index contributed by atoms with van der Waals surface area (Å²) in [6.45, 7) is 2.59. The lowest BCUT2D eigenvalue weighted by molar-refractivity contribution is -0.120. The molecule has 0 radical (unpaired) electrons. The van der Waals surface area contributed by atoms with Gasteiger partial charge < -0.3 is 24.4 Å². The number of ether oxygens (including phenoxy) is 3. The predicted octanol–water partition coefficient (Wildman–Crippen LogP) is 3.78. The van der Waals surface area contributed by atoms with E-state index < -0.39 is 0 Å². The highest BCUT2D eigenvalue weighted by Crippen LogP contribution is 2.33. The van der Waals surface area contributed by atoms with Crippen LogP contribution in [0.15, 0.2) is 54.9 Å². The highest BCUT2D eigenvalue weighted by Gasteiger charge is 2.26. The Hall–Kier alpha value is -3.81. The largest absolute Gasteiger partial charge is 0.497 e. The summed E-state index contributed by atoms with van der Waals surface area (Å²) in [5.41, 5.74) is 2.60. The molecule has 0 aliphatic carbocycles. The number of hydrogen-bond donors (Lipinski definition) is 1. The highest BCUT2D eigenvalue weighted by atomic mass is 16.6. The van der Waals surface area contributed by atoms with Gasteiger partial charge in [-0.15, -0.1) is 0 Å². The summed E-state index contributed by atoms with van der Waals surface area (Å²) >= 11 is 0. The first kappa shape index (κ1) is 21.1. The Labute approximate surface area is 192 Å². The van der Waals surface area contributed by atoms with E-state index >= 15 is 0 Å². The Balaban J connectivity index is 1.20. The van der Waals surface area contributed by atoms with Crippen molar-refractivity contribution in [3.63, 3.8) is 0 Å². The van der Waals surface area contributed by atoms with Crippen molar-refractivity contribution >= 4 is 17.4 Å². The molecule has 5 rings (SSSR count). The van der Waals surface area contributed by atoms with Gasteiger partial charge in [0.15, 0.2) is 11.5 Å². The van der Waals surface area contributed by atoms with Crippen molar-refractivity contribution in [2.75, 3.05) is 43.6 Å². The minimum atomic E-state index is -0.0441. The molecule has 1 amide bonds. The van der Waals surface area contributed by atoms with Gasteiger partial charge in [0, 0.05) is 42.4 Å². The number of amides is 1. The molecule has 33 heavy (non-hydrogen) atoms. The predicted molar refractivity (Wildman–Crippen MR) is 125 cm³/mol. The average molecular weight is 447 g/mol. The van der Waals surface area contributed by atoms with Crippen LogP contribution in [0.3, 0.4) is 0 Å². The number of hydrogen-bond acceptors (Lipinski definition) is 7. The van der Waals surface area contributed by atoms with E-state index in [1.54, 1.807) is 13.4 Å². The zero-order chi connectivity index (χ0) is 22.6. The topological polar surface area (TPSA) is 85.8 Å². The molecular formula is C25H26N4O4. The molecule has 3 heterocycles. The fourth-order valence-corrected chi connectivity index (χ4v) is 4.18. The van der Waals surface area contributed by atoms with Gasteiger partial charge in [-0.05, 0) is 49.2 Å². The van der Waals surface area contributed by atoms with Gasteiger partial charge in [-0.25, -0.2) is 9.97 Å². The third kappa shape index (κ3) is 4.69. The van der Waals surface area contributed by atoms with E-state index in [0.29, 0.717) is 24.7 Å². The second-order valence-corrected chi connectivity index (χ2v) is 8.10. The summed E-state index contributed by atoms with van der Waals surface area (Å²) in [5, 5.41) is 3.03. The molecule has 2 aliphatic rings. The molecule has 0 spiro atoms. The third-order valence-electron chi connectivity index (χ3n) is 6.04. The lowest BCUT2D eigenvalue weighted by Crippen LogP contribution is -2.38. The second-order valence-electron chi connectivity index (χ2n) is 8.10. The molecule has 170 valence electrons. The van der Waals surface area contributed by atoms with E-state index in [9.17, 15) is 4.79 Å². The number of carbonyl (C=O) groups excluding carboxylic acids is 1. The van der Waals surface area contributed by atoms with Crippen molar-refractivity contribution in [2.45, 2.75) is 12.8 Å². The van der Waals surface area contributed by atoms with Gasteiger partial charge in [0.2, 0.25) is 5.91 Å². The Morgan fingerprint density at radius 2 is 1.76 bits per heavy atom. The highest BCUT2D eigenvalue weighted by molar-refractivity contribution is 5.93. The third-order valence-corrected chi connectivity index (χ3v) is 6.04. The van der Waals surface area contributed by atoms with Crippen LogP contribution in [0, 0.1) is 5.92 Å². The van der Waals surface area contributed by atoms with Gasteiger partial charge in [-0.3, -0.25) is 4.79 Å². The molecule has 1 fully saturated rings. The van der Waals surface area contributed by atoms with Gasteiger partial charge in [-0.2, -0.15) is 0 Å². The van der Waals surface area contributed by atoms with Crippen LogP contribution in [0.25, 0.3) is 11.3 Å². The Bertz CT molecular complexity index is 1130. The van der Waals surface area contributed by atoms with E-state index in [1.165, 1.54) is 0 Å². The van der Waals surface area contributed by atoms with Crippen molar-refractivity contribution in [3.05, 3.63) is 54.9 Å². The summed E-state index contributed by atoms with van der Waals surface area (Å²) < 4.78 is 16.4. The van der Waals surface area contributed by atoms with Crippen molar-refractivity contribution in [1.29, 1.82) is 0 Å². The van der Waals surface area contributed by atoms with Crippen LogP contribution in [-0.4, -0.2) is 49.3 Å². The minimum Gasteiger partial charge on any atom is -0.497 e. The molecule has 2 aliphatic heterocycles. The molecule has 0 bridgehead atoms. The maximum absolute atomic E-state index is 12.8. The summed E-state index contributed by atoms with van der Waals surface area (Å²) in [5.74, 6) is 3.06. The van der Waals surface area contributed by atoms with Crippen molar-refractivity contribution < 1.29 is 19.0 Å². The maximum atomic E-state index is 12.8. The molecule has 1 aromatic heterocycles. The average Bonchev–Trinajstić information content (AvgIpc) is 2.89. The number of aromatic nitrogens is 2. The number of benzene rings is 2. The van der Waals surface area contributed by atoms with Gasteiger partial charge in [-0.1, -0.05) is 0 Å². The Morgan fingerprint density at radius 1 is 1.00 bits per heavy atom. The lowest BCUT2D eigenvalue weighted by atomic mass is 9.95. The Morgan fingerprint density at radius 3 is 2.52 bits per heavy atom. The number of methoxy groups -OCH3 is 1. The van der Waals surface area contributed by atoms with Crippen molar-refractivity contribution in [2.24, 2.45) is 5.92 Å². The molecule has 2 aromatic carbocycles. The number of nitrogens with one attached hydrogen (secondary N) is 1. The van der Waals surface area contributed by atoms with E-state index in [0.717, 1.165) is 54.4 Å². The molecule has 3 aromatic rings. The van der Waals surface area contributed by atoms with Crippen LogP contribution in [0.2, 0.25) is 0 Å². The van der Waals surface area contributed by atoms with E-state index in [1.807, 2.05) is 48.5 Å². The maximum Gasteiger partial charge on any atom is 0.227 e. The Kier molecular flexibility index (Phi) is 5.97. The van der Waals surface area contributed by atoms with Crippen LogP contribution < -0.4 is 24.4 Å². The summed E-state index contributed by atoms with van der Waals surface area (Å²) in [7, 11) is 1.65.